The molecule has 19 heavy (non-hydrogen) atoms. The van der Waals surface area contributed by atoms with E-state index in [1.807, 2.05) is 12.1 Å². The summed E-state index contributed by atoms with van der Waals surface area (Å²) in [5.74, 6) is 0.711. The topological polar surface area (TPSA) is 39.2 Å². The van der Waals surface area contributed by atoms with Gasteiger partial charge in [0.25, 0.3) is 0 Å². The lowest BCUT2D eigenvalue weighted by Gasteiger charge is -2.02. The summed E-state index contributed by atoms with van der Waals surface area (Å²) in [5.41, 5.74) is 2.27. The van der Waals surface area contributed by atoms with E-state index in [2.05, 4.69) is 24.0 Å². The van der Waals surface area contributed by atoms with Crippen molar-refractivity contribution in [1.29, 1.82) is 0 Å². The van der Waals surface area contributed by atoms with Gasteiger partial charge in [0.15, 0.2) is 0 Å². The van der Waals surface area contributed by atoms with Crippen LogP contribution >= 0.6 is 11.3 Å². The molecule has 1 heterocycles. The van der Waals surface area contributed by atoms with Crippen molar-refractivity contribution in [2.45, 2.75) is 32.6 Å². The summed E-state index contributed by atoms with van der Waals surface area (Å²) in [6.45, 7) is 3.47. The summed E-state index contributed by atoms with van der Waals surface area (Å²) in [7, 11) is 0. The molecule has 3 rings (SSSR count). The Kier molecular flexibility index (Phi) is 3.11. The van der Waals surface area contributed by atoms with Crippen LogP contribution in [-0.4, -0.2) is 11.0 Å². The standard InChI is InChI=1S/C15H15NO2S/c1-9-3-5-11(6-4-9)13-14(18-10(2)17)16-15(19-13)12-7-8-12/h3-6,12H,7-8H2,1-2H3. The van der Waals surface area contributed by atoms with Gasteiger partial charge in [-0.05, 0) is 25.3 Å². The van der Waals surface area contributed by atoms with Crippen molar-refractivity contribution in [3.8, 4) is 16.3 Å². The lowest BCUT2D eigenvalue weighted by atomic mass is 10.1. The van der Waals surface area contributed by atoms with E-state index < -0.39 is 0 Å². The Morgan fingerprint density at radius 3 is 2.58 bits per heavy atom. The molecule has 1 aromatic heterocycles. The van der Waals surface area contributed by atoms with Crippen molar-refractivity contribution < 1.29 is 9.53 Å². The first-order valence-corrected chi connectivity index (χ1v) is 7.21. The third-order valence-electron chi connectivity index (χ3n) is 3.09. The molecule has 0 saturated heterocycles. The molecule has 0 unspecified atom stereocenters. The van der Waals surface area contributed by atoms with E-state index in [0.717, 1.165) is 15.4 Å². The number of thiazole rings is 1. The van der Waals surface area contributed by atoms with Gasteiger partial charge in [0.2, 0.25) is 5.88 Å². The second-order valence-corrected chi connectivity index (χ2v) is 5.95. The fourth-order valence-electron chi connectivity index (χ4n) is 1.92. The molecule has 2 aromatic rings. The van der Waals surface area contributed by atoms with Crippen molar-refractivity contribution in [2.24, 2.45) is 0 Å². The molecule has 98 valence electrons. The van der Waals surface area contributed by atoms with Crippen molar-refractivity contribution >= 4 is 17.3 Å². The molecule has 4 heteroatoms. The maximum absolute atomic E-state index is 11.2. The van der Waals surface area contributed by atoms with Crippen molar-refractivity contribution in [3.63, 3.8) is 0 Å². The van der Waals surface area contributed by atoms with E-state index in [-0.39, 0.29) is 5.97 Å². The second kappa shape index (κ2) is 4.78. The molecular formula is C15H15NO2S. The SMILES string of the molecule is CC(=O)Oc1nc(C2CC2)sc1-c1ccc(C)cc1. The minimum absolute atomic E-state index is 0.319. The molecule has 0 spiro atoms. The number of nitrogens with zero attached hydrogens (tertiary/aromatic N) is 1. The van der Waals surface area contributed by atoms with Crippen LogP contribution in [0.5, 0.6) is 5.88 Å². The molecule has 1 saturated carbocycles. The quantitative estimate of drug-likeness (QED) is 0.796. The lowest BCUT2D eigenvalue weighted by Crippen LogP contribution is -2.02. The average Bonchev–Trinajstić information content (AvgIpc) is 3.13. The van der Waals surface area contributed by atoms with E-state index >= 15 is 0 Å². The van der Waals surface area contributed by atoms with E-state index in [1.54, 1.807) is 11.3 Å². The minimum atomic E-state index is -0.319. The Morgan fingerprint density at radius 1 is 1.32 bits per heavy atom. The van der Waals surface area contributed by atoms with Crippen LogP contribution in [0.4, 0.5) is 0 Å². The highest BCUT2D eigenvalue weighted by molar-refractivity contribution is 7.15. The van der Waals surface area contributed by atoms with Gasteiger partial charge in [0.1, 0.15) is 5.01 Å². The number of esters is 1. The first-order valence-electron chi connectivity index (χ1n) is 6.39. The second-order valence-electron chi connectivity index (χ2n) is 4.92. The van der Waals surface area contributed by atoms with E-state index in [1.165, 1.54) is 25.3 Å². The summed E-state index contributed by atoms with van der Waals surface area (Å²) in [6.07, 6.45) is 2.39. The monoisotopic (exact) mass is 273 g/mol. The molecule has 1 aromatic carbocycles. The Labute approximate surface area is 116 Å². The molecule has 1 aliphatic carbocycles. The molecule has 0 amide bonds. The molecule has 0 bridgehead atoms. The maximum atomic E-state index is 11.2. The zero-order valence-corrected chi connectivity index (χ0v) is 11.8. The third kappa shape index (κ3) is 2.68. The number of carbonyl (C=O) groups excluding carboxylic acids is 1. The van der Waals surface area contributed by atoms with E-state index in [0.29, 0.717) is 11.8 Å². The Hall–Kier alpha value is -1.68. The van der Waals surface area contributed by atoms with Gasteiger partial charge in [-0.15, -0.1) is 11.3 Å². The molecule has 1 fully saturated rings. The first-order chi connectivity index (χ1) is 9.13. The maximum Gasteiger partial charge on any atom is 0.309 e. The van der Waals surface area contributed by atoms with E-state index in [9.17, 15) is 4.79 Å². The summed E-state index contributed by atoms with van der Waals surface area (Å²) >= 11 is 1.64. The fourth-order valence-corrected chi connectivity index (χ4v) is 3.09. The van der Waals surface area contributed by atoms with Crippen molar-refractivity contribution in [1.82, 2.24) is 4.98 Å². The van der Waals surface area contributed by atoms with Gasteiger partial charge in [-0.2, -0.15) is 0 Å². The number of benzene rings is 1. The van der Waals surface area contributed by atoms with Crippen LogP contribution < -0.4 is 4.74 Å². The average molecular weight is 273 g/mol. The number of ether oxygens (including phenoxy) is 1. The van der Waals surface area contributed by atoms with Gasteiger partial charge in [-0.25, -0.2) is 4.98 Å². The number of rotatable bonds is 3. The molecule has 3 nitrogen and oxygen atoms in total. The molecule has 0 atom stereocenters. The highest BCUT2D eigenvalue weighted by Gasteiger charge is 2.29. The minimum Gasteiger partial charge on any atom is -0.406 e. The van der Waals surface area contributed by atoms with Crippen molar-refractivity contribution in [3.05, 3.63) is 34.8 Å². The van der Waals surface area contributed by atoms with Crippen LogP contribution in [0, 0.1) is 6.92 Å². The Bertz CT molecular complexity index is 612. The van der Waals surface area contributed by atoms with Crippen LogP contribution in [0.1, 0.15) is 36.3 Å². The normalized spacial score (nSPS) is 14.4. The van der Waals surface area contributed by atoms with Crippen molar-refractivity contribution in [2.75, 3.05) is 0 Å². The van der Waals surface area contributed by atoms with Gasteiger partial charge >= 0.3 is 5.97 Å². The Balaban J connectivity index is 2.01. The number of aromatic nitrogens is 1. The van der Waals surface area contributed by atoms with Gasteiger partial charge < -0.3 is 4.74 Å². The number of hydrogen-bond donors (Lipinski definition) is 0. The van der Waals surface area contributed by atoms with Gasteiger partial charge in [0.05, 0.1) is 4.88 Å². The van der Waals surface area contributed by atoms with Crippen LogP contribution in [0.25, 0.3) is 10.4 Å². The first kappa shape index (κ1) is 12.4. The molecular weight excluding hydrogens is 258 g/mol. The van der Waals surface area contributed by atoms with Gasteiger partial charge in [-0.1, -0.05) is 29.8 Å². The zero-order valence-electron chi connectivity index (χ0n) is 11.0. The van der Waals surface area contributed by atoms with Crippen LogP contribution in [0.2, 0.25) is 0 Å². The zero-order chi connectivity index (χ0) is 13.4. The smallest absolute Gasteiger partial charge is 0.309 e. The molecule has 0 aliphatic heterocycles. The summed E-state index contributed by atoms with van der Waals surface area (Å²) in [4.78, 5) is 16.6. The van der Waals surface area contributed by atoms with Gasteiger partial charge in [-0.3, -0.25) is 4.79 Å². The molecule has 0 N–H and O–H groups in total. The molecule has 0 radical (unpaired) electrons. The van der Waals surface area contributed by atoms with Gasteiger partial charge in [0, 0.05) is 12.8 Å². The Morgan fingerprint density at radius 2 is 2.00 bits per heavy atom. The van der Waals surface area contributed by atoms with Crippen LogP contribution in [0.15, 0.2) is 24.3 Å². The summed E-state index contributed by atoms with van der Waals surface area (Å²) in [5, 5.41) is 1.09. The predicted molar refractivity (Wildman–Crippen MR) is 75.6 cm³/mol. The molecule has 1 aliphatic rings. The third-order valence-corrected chi connectivity index (χ3v) is 4.34. The summed E-state index contributed by atoms with van der Waals surface area (Å²) < 4.78 is 5.25. The van der Waals surface area contributed by atoms with E-state index in [4.69, 9.17) is 4.74 Å². The highest BCUT2D eigenvalue weighted by atomic mass is 32.1. The number of aryl methyl sites for hydroxylation is 1. The van der Waals surface area contributed by atoms with Crippen LogP contribution in [0.3, 0.4) is 0 Å². The fraction of sp³-hybridized carbons (Fsp3) is 0.333. The number of carbonyl (C=O) groups is 1. The number of hydrogen-bond acceptors (Lipinski definition) is 4. The predicted octanol–water partition coefficient (Wildman–Crippen LogP) is 3.92. The lowest BCUT2D eigenvalue weighted by molar-refractivity contribution is -0.132. The highest BCUT2D eigenvalue weighted by Crippen LogP contribution is 2.46. The largest absolute Gasteiger partial charge is 0.406 e. The van der Waals surface area contributed by atoms with Crippen LogP contribution in [-0.2, 0) is 4.79 Å². The summed E-state index contributed by atoms with van der Waals surface area (Å²) in [6, 6.07) is 8.21.